The van der Waals surface area contributed by atoms with Gasteiger partial charge < -0.3 is 15.1 Å². The highest BCUT2D eigenvalue weighted by molar-refractivity contribution is 7.90. The molecule has 0 bridgehead atoms. The van der Waals surface area contributed by atoms with E-state index in [1.54, 1.807) is 67.6 Å². The number of aromatic nitrogens is 2. The van der Waals surface area contributed by atoms with E-state index >= 15 is 0 Å². The van der Waals surface area contributed by atoms with Gasteiger partial charge in [-0.1, -0.05) is 23.8 Å². The Balaban J connectivity index is 1.45. The summed E-state index contributed by atoms with van der Waals surface area (Å²) in [4.78, 5) is 33.3. The molecule has 2 N–H and O–H groups in total. The predicted molar refractivity (Wildman–Crippen MR) is 138 cm³/mol. The number of benzene rings is 2. The molecule has 10 heteroatoms. The van der Waals surface area contributed by atoms with Crippen molar-refractivity contribution in [1.82, 2.24) is 20.6 Å². The largest absolute Gasteiger partial charge is 0.441 e. The number of carbonyl (C=O) groups is 2. The molecule has 37 heavy (non-hydrogen) atoms. The molecule has 190 valence electrons. The van der Waals surface area contributed by atoms with Crippen LogP contribution in [-0.4, -0.2) is 37.2 Å². The van der Waals surface area contributed by atoms with Crippen molar-refractivity contribution >= 4 is 21.7 Å². The molecule has 0 fully saturated rings. The highest BCUT2D eigenvalue weighted by atomic mass is 32.2. The number of hydrogen-bond donors (Lipinski definition) is 2. The summed E-state index contributed by atoms with van der Waals surface area (Å²) in [6.45, 7) is 3.70. The minimum Gasteiger partial charge on any atom is -0.441 e. The van der Waals surface area contributed by atoms with Crippen molar-refractivity contribution in [2.75, 3.05) is 7.05 Å². The van der Waals surface area contributed by atoms with Crippen LogP contribution in [-0.2, 0) is 22.1 Å². The Morgan fingerprint density at radius 2 is 1.65 bits per heavy atom. The van der Waals surface area contributed by atoms with Crippen LogP contribution < -0.4 is 10.6 Å². The van der Waals surface area contributed by atoms with Crippen molar-refractivity contribution in [2.24, 2.45) is 0 Å². The second kappa shape index (κ2) is 10.8. The molecule has 0 aliphatic carbocycles. The van der Waals surface area contributed by atoms with Crippen LogP contribution in [0.15, 0.2) is 76.2 Å². The zero-order valence-corrected chi connectivity index (χ0v) is 21.4. The SMILES string of the molecule is CNC(=O)c1ncccc1CNC(=O)c1ccc(-c2nc(CS(=O)(=O)c3ccc(C)cc3)c(C)o2)cc1. The first-order chi connectivity index (χ1) is 17.7. The number of hydrogen-bond acceptors (Lipinski definition) is 7. The lowest BCUT2D eigenvalue weighted by molar-refractivity contribution is 0.0937. The molecular weight excluding hydrogens is 492 g/mol. The number of oxazole rings is 1. The first-order valence-electron chi connectivity index (χ1n) is 11.5. The highest BCUT2D eigenvalue weighted by Gasteiger charge is 2.21. The van der Waals surface area contributed by atoms with E-state index in [9.17, 15) is 18.0 Å². The molecule has 4 aromatic rings. The molecule has 0 saturated carbocycles. The smallest absolute Gasteiger partial charge is 0.269 e. The summed E-state index contributed by atoms with van der Waals surface area (Å²) in [6.07, 6.45) is 1.52. The lowest BCUT2D eigenvalue weighted by atomic mass is 10.1. The molecule has 0 spiro atoms. The fraction of sp³-hybridized carbons (Fsp3) is 0.185. The maximum Gasteiger partial charge on any atom is 0.269 e. The Hall–Kier alpha value is -4.31. The van der Waals surface area contributed by atoms with Crippen molar-refractivity contribution in [1.29, 1.82) is 0 Å². The second-order valence-corrected chi connectivity index (χ2v) is 10.4. The highest BCUT2D eigenvalue weighted by Crippen LogP contribution is 2.25. The van der Waals surface area contributed by atoms with Crippen molar-refractivity contribution in [3.63, 3.8) is 0 Å². The van der Waals surface area contributed by atoms with E-state index in [4.69, 9.17) is 4.42 Å². The van der Waals surface area contributed by atoms with Crippen LogP contribution in [0.4, 0.5) is 0 Å². The lowest BCUT2D eigenvalue weighted by Crippen LogP contribution is -2.26. The molecule has 0 saturated heterocycles. The Morgan fingerprint density at radius 3 is 2.32 bits per heavy atom. The summed E-state index contributed by atoms with van der Waals surface area (Å²) in [5.41, 5.74) is 3.16. The van der Waals surface area contributed by atoms with Gasteiger partial charge in [-0.2, -0.15) is 0 Å². The van der Waals surface area contributed by atoms with E-state index in [1.807, 2.05) is 6.92 Å². The average Bonchev–Trinajstić information content (AvgIpc) is 3.26. The van der Waals surface area contributed by atoms with Crippen LogP contribution in [0.5, 0.6) is 0 Å². The Bertz CT molecular complexity index is 1540. The first kappa shape index (κ1) is 25.8. The second-order valence-electron chi connectivity index (χ2n) is 8.44. The van der Waals surface area contributed by atoms with Crippen LogP contribution >= 0.6 is 0 Å². The summed E-state index contributed by atoms with van der Waals surface area (Å²) in [5.74, 6) is -0.258. The van der Waals surface area contributed by atoms with E-state index < -0.39 is 9.84 Å². The Morgan fingerprint density at radius 1 is 0.946 bits per heavy atom. The normalized spacial score (nSPS) is 11.2. The number of carbonyl (C=O) groups excluding carboxylic acids is 2. The van der Waals surface area contributed by atoms with Crippen molar-refractivity contribution < 1.29 is 22.4 Å². The minimum absolute atomic E-state index is 0.134. The third kappa shape index (κ3) is 5.92. The first-order valence-corrected chi connectivity index (χ1v) is 13.1. The van der Waals surface area contributed by atoms with Crippen LogP contribution in [0.25, 0.3) is 11.5 Å². The van der Waals surface area contributed by atoms with Gasteiger partial charge in [-0.15, -0.1) is 0 Å². The molecule has 2 amide bonds. The fourth-order valence-electron chi connectivity index (χ4n) is 3.64. The van der Waals surface area contributed by atoms with Crippen LogP contribution in [0.2, 0.25) is 0 Å². The molecular formula is C27H26N4O5S. The molecule has 0 atom stereocenters. The molecule has 2 heterocycles. The molecule has 0 radical (unpaired) electrons. The van der Waals surface area contributed by atoms with E-state index in [0.717, 1.165) is 5.56 Å². The van der Waals surface area contributed by atoms with Crippen LogP contribution in [0.1, 0.15) is 43.4 Å². The van der Waals surface area contributed by atoms with Crippen molar-refractivity contribution in [3.05, 3.63) is 101 Å². The van der Waals surface area contributed by atoms with E-state index in [0.29, 0.717) is 28.1 Å². The zero-order chi connectivity index (χ0) is 26.6. The van der Waals surface area contributed by atoms with Crippen molar-refractivity contribution in [2.45, 2.75) is 31.0 Å². The predicted octanol–water partition coefficient (Wildman–Crippen LogP) is 3.62. The zero-order valence-electron chi connectivity index (χ0n) is 20.6. The molecule has 2 aromatic heterocycles. The summed E-state index contributed by atoms with van der Waals surface area (Å²) in [5, 5.41) is 5.32. The average molecular weight is 519 g/mol. The maximum atomic E-state index is 12.8. The van der Waals surface area contributed by atoms with Gasteiger partial charge in [0.15, 0.2) is 9.84 Å². The summed E-state index contributed by atoms with van der Waals surface area (Å²) >= 11 is 0. The van der Waals surface area contributed by atoms with Gasteiger partial charge in [-0.3, -0.25) is 14.6 Å². The molecule has 2 aromatic carbocycles. The van der Waals surface area contributed by atoms with Gasteiger partial charge in [0.1, 0.15) is 17.2 Å². The van der Waals surface area contributed by atoms with Gasteiger partial charge in [0, 0.05) is 36.5 Å². The number of nitrogens with one attached hydrogen (secondary N) is 2. The van der Waals surface area contributed by atoms with Gasteiger partial charge in [-0.25, -0.2) is 13.4 Å². The Kier molecular flexibility index (Phi) is 7.49. The number of sulfone groups is 1. The van der Waals surface area contributed by atoms with E-state index in [-0.39, 0.29) is 40.6 Å². The van der Waals surface area contributed by atoms with Gasteiger partial charge in [0.05, 0.1) is 10.6 Å². The van der Waals surface area contributed by atoms with E-state index in [1.165, 1.54) is 13.2 Å². The Labute approximate surface area is 214 Å². The van der Waals surface area contributed by atoms with Crippen LogP contribution in [0.3, 0.4) is 0 Å². The monoisotopic (exact) mass is 518 g/mol. The summed E-state index contributed by atoms with van der Waals surface area (Å²) < 4.78 is 31.4. The van der Waals surface area contributed by atoms with Crippen molar-refractivity contribution in [3.8, 4) is 11.5 Å². The summed E-state index contributed by atoms with van der Waals surface area (Å²) in [7, 11) is -2.07. The minimum atomic E-state index is -3.58. The molecule has 0 unspecified atom stereocenters. The van der Waals surface area contributed by atoms with Gasteiger partial charge in [0.25, 0.3) is 11.8 Å². The van der Waals surface area contributed by atoms with Crippen LogP contribution in [0, 0.1) is 13.8 Å². The molecule has 0 aliphatic rings. The standard InChI is InChI=1S/C27H26N4O5S/c1-17-6-12-22(13-7-17)37(34,35)16-23-18(2)36-27(31-23)20-10-8-19(9-11-20)25(32)30-15-21-5-4-14-29-24(21)26(33)28-3/h4-14H,15-16H2,1-3H3,(H,28,33)(H,30,32). The maximum absolute atomic E-state index is 12.8. The number of rotatable bonds is 8. The topological polar surface area (TPSA) is 131 Å². The third-order valence-electron chi connectivity index (χ3n) is 5.77. The van der Waals surface area contributed by atoms with Gasteiger partial charge >= 0.3 is 0 Å². The number of aryl methyl sites for hydroxylation is 2. The van der Waals surface area contributed by atoms with E-state index in [2.05, 4.69) is 20.6 Å². The lowest BCUT2D eigenvalue weighted by Gasteiger charge is -2.09. The summed E-state index contributed by atoms with van der Waals surface area (Å²) in [6, 6.07) is 16.7. The number of nitrogens with zero attached hydrogens (tertiary/aromatic N) is 2. The molecule has 9 nitrogen and oxygen atoms in total. The quantitative estimate of drug-likeness (QED) is 0.364. The fourth-order valence-corrected chi connectivity index (χ4v) is 4.99. The third-order valence-corrected chi connectivity index (χ3v) is 7.41. The molecule has 4 rings (SSSR count). The number of pyridine rings is 1. The van der Waals surface area contributed by atoms with Gasteiger partial charge in [-0.05, 0) is 56.3 Å². The van der Waals surface area contributed by atoms with Gasteiger partial charge in [0.2, 0.25) is 5.89 Å². The molecule has 0 aliphatic heterocycles. The number of amides is 2.